The second kappa shape index (κ2) is 8.54. The third-order valence-corrected chi connectivity index (χ3v) is 3.33. The van der Waals surface area contributed by atoms with Crippen molar-refractivity contribution in [3.05, 3.63) is 84.4 Å². The minimum Gasteiger partial charge on any atom is -0.445 e. The summed E-state index contributed by atoms with van der Waals surface area (Å²) < 4.78 is 5.15. The van der Waals surface area contributed by atoms with Crippen molar-refractivity contribution in [2.45, 2.75) is 19.1 Å². The number of carbonyl (C=O) groups excluding carboxylic acids is 2. The average molecular weight is 309 g/mol. The van der Waals surface area contributed by atoms with E-state index in [4.69, 9.17) is 4.74 Å². The molecule has 0 saturated carbocycles. The van der Waals surface area contributed by atoms with Crippen LogP contribution in [0.25, 0.3) is 0 Å². The summed E-state index contributed by atoms with van der Waals surface area (Å²) >= 11 is 0. The molecule has 0 aromatic heterocycles. The summed E-state index contributed by atoms with van der Waals surface area (Å²) in [5.74, 6) is -0.245. The molecular weight excluding hydrogens is 290 g/mol. The molecular formula is C19H19NO3. The van der Waals surface area contributed by atoms with E-state index in [9.17, 15) is 9.59 Å². The molecule has 0 fully saturated rings. The number of hydrogen-bond donors (Lipinski definition) is 1. The summed E-state index contributed by atoms with van der Waals surface area (Å²) in [6.45, 7) is 3.64. The number of alkyl carbamates (subject to hydrolysis) is 1. The molecule has 0 aliphatic carbocycles. The maximum Gasteiger partial charge on any atom is 0.408 e. The quantitative estimate of drug-likeness (QED) is 0.799. The normalized spacial score (nSPS) is 11.3. The van der Waals surface area contributed by atoms with Crippen LogP contribution in [0, 0.1) is 0 Å². The van der Waals surface area contributed by atoms with E-state index >= 15 is 0 Å². The van der Waals surface area contributed by atoms with Gasteiger partial charge in [-0.1, -0.05) is 67.2 Å². The van der Waals surface area contributed by atoms with Gasteiger partial charge in [-0.05, 0) is 17.2 Å². The van der Waals surface area contributed by atoms with Crippen molar-refractivity contribution in [2.75, 3.05) is 0 Å². The molecule has 0 saturated heterocycles. The molecule has 1 N–H and O–H groups in total. The molecule has 0 heterocycles. The maximum absolute atomic E-state index is 11.9. The smallest absolute Gasteiger partial charge is 0.408 e. The van der Waals surface area contributed by atoms with Crippen molar-refractivity contribution >= 4 is 11.9 Å². The summed E-state index contributed by atoms with van der Waals surface area (Å²) in [5, 5.41) is 2.60. The van der Waals surface area contributed by atoms with Gasteiger partial charge in [0.15, 0.2) is 5.78 Å². The van der Waals surface area contributed by atoms with E-state index in [2.05, 4.69) is 11.9 Å². The van der Waals surface area contributed by atoms with Crippen molar-refractivity contribution < 1.29 is 14.3 Å². The largest absolute Gasteiger partial charge is 0.445 e. The van der Waals surface area contributed by atoms with Gasteiger partial charge in [0.25, 0.3) is 0 Å². The van der Waals surface area contributed by atoms with Gasteiger partial charge in [-0.2, -0.15) is 0 Å². The number of hydrogen-bond acceptors (Lipinski definition) is 3. The fraction of sp³-hybridized carbons (Fsp3) is 0.158. The summed E-state index contributed by atoms with van der Waals surface area (Å²) in [7, 11) is 0. The Balaban J connectivity index is 1.93. The average Bonchev–Trinajstić information content (AvgIpc) is 2.60. The molecule has 0 aliphatic rings. The number of ether oxygens (including phenoxy) is 1. The van der Waals surface area contributed by atoms with E-state index in [1.807, 2.05) is 60.7 Å². The van der Waals surface area contributed by atoms with Gasteiger partial charge < -0.3 is 10.1 Å². The van der Waals surface area contributed by atoms with Crippen LogP contribution in [0.3, 0.4) is 0 Å². The van der Waals surface area contributed by atoms with Crippen molar-refractivity contribution in [3.63, 3.8) is 0 Å². The molecule has 118 valence electrons. The van der Waals surface area contributed by atoms with Crippen LogP contribution >= 0.6 is 0 Å². The molecule has 4 nitrogen and oxygen atoms in total. The first-order chi connectivity index (χ1) is 11.2. The van der Waals surface area contributed by atoms with E-state index in [1.54, 1.807) is 0 Å². The zero-order chi connectivity index (χ0) is 16.5. The topological polar surface area (TPSA) is 55.4 Å². The molecule has 4 heteroatoms. The summed E-state index contributed by atoms with van der Waals surface area (Å²) in [6, 6.07) is 18.2. The third-order valence-electron chi connectivity index (χ3n) is 3.33. The van der Waals surface area contributed by atoms with Gasteiger partial charge in [0.2, 0.25) is 0 Å². The summed E-state index contributed by atoms with van der Waals surface area (Å²) in [6.07, 6.45) is 0.988. The Labute approximate surface area is 135 Å². The summed E-state index contributed by atoms with van der Waals surface area (Å²) in [4.78, 5) is 23.9. The van der Waals surface area contributed by atoms with Crippen LogP contribution in [0.5, 0.6) is 0 Å². The molecule has 0 unspecified atom stereocenters. The lowest BCUT2D eigenvalue weighted by molar-refractivity contribution is -0.116. The molecule has 0 aliphatic heterocycles. The Morgan fingerprint density at radius 3 is 2.13 bits per heavy atom. The maximum atomic E-state index is 11.9. The second-order valence-corrected chi connectivity index (χ2v) is 5.05. The minimum absolute atomic E-state index is 0.160. The van der Waals surface area contributed by atoms with Crippen LogP contribution in [0.2, 0.25) is 0 Å². The van der Waals surface area contributed by atoms with Gasteiger partial charge in [-0.15, -0.1) is 0 Å². The fourth-order valence-corrected chi connectivity index (χ4v) is 2.12. The lowest BCUT2D eigenvalue weighted by Gasteiger charge is -2.16. The van der Waals surface area contributed by atoms with Gasteiger partial charge >= 0.3 is 6.09 Å². The Hall–Kier alpha value is -2.88. The number of benzene rings is 2. The summed E-state index contributed by atoms with van der Waals surface area (Å²) in [5.41, 5.74) is 1.84. The van der Waals surface area contributed by atoms with Crippen LogP contribution in [-0.2, 0) is 22.6 Å². The number of amides is 1. The first-order valence-corrected chi connectivity index (χ1v) is 7.36. The van der Waals surface area contributed by atoms with E-state index in [0.29, 0.717) is 6.42 Å². The van der Waals surface area contributed by atoms with Crippen molar-refractivity contribution in [2.24, 2.45) is 0 Å². The van der Waals surface area contributed by atoms with Gasteiger partial charge in [0, 0.05) is 6.42 Å². The first-order valence-electron chi connectivity index (χ1n) is 7.36. The van der Waals surface area contributed by atoms with Crippen LogP contribution in [0.4, 0.5) is 4.79 Å². The Morgan fingerprint density at radius 1 is 1.00 bits per heavy atom. The fourth-order valence-electron chi connectivity index (χ4n) is 2.12. The molecule has 0 spiro atoms. The molecule has 2 rings (SSSR count). The molecule has 2 aromatic rings. The van der Waals surface area contributed by atoms with Gasteiger partial charge in [-0.25, -0.2) is 4.79 Å². The lowest BCUT2D eigenvalue weighted by atomic mass is 10.0. The number of carbonyl (C=O) groups is 2. The predicted molar refractivity (Wildman–Crippen MR) is 88.9 cm³/mol. The van der Waals surface area contributed by atoms with Gasteiger partial charge in [0.1, 0.15) is 6.61 Å². The molecule has 0 bridgehead atoms. The monoisotopic (exact) mass is 309 g/mol. The minimum atomic E-state index is -0.682. The first kappa shape index (κ1) is 16.5. The lowest BCUT2D eigenvalue weighted by Crippen LogP contribution is -2.41. The van der Waals surface area contributed by atoms with Crippen LogP contribution in [0.1, 0.15) is 11.1 Å². The molecule has 2 aromatic carbocycles. The van der Waals surface area contributed by atoms with Crippen molar-refractivity contribution in [1.29, 1.82) is 0 Å². The van der Waals surface area contributed by atoms with Crippen LogP contribution in [-0.4, -0.2) is 17.9 Å². The highest BCUT2D eigenvalue weighted by Crippen LogP contribution is 2.06. The van der Waals surface area contributed by atoms with Crippen molar-refractivity contribution in [1.82, 2.24) is 5.32 Å². The molecule has 23 heavy (non-hydrogen) atoms. The Bertz CT molecular complexity index is 653. The Morgan fingerprint density at radius 2 is 1.57 bits per heavy atom. The predicted octanol–water partition coefficient (Wildman–Crippen LogP) is 3.28. The molecule has 0 radical (unpaired) electrons. The standard InChI is InChI=1S/C19H19NO3/c1-2-18(21)17(13-15-9-5-3-6-10-15)20-19(22)23-14-16-11-7-4-8-12-16/h2-12,17H,1,13-14H2,(H,20,22)/t17-/m1/s1. The highest BCUT2D eigenvalue weighted by Gasteiger charge is 2.19. The number of ketones is 1. The van der Waals surface area contributed by atoms with E-state index < -0.39 is 12.1 Å². The highest BCUT2D eigenvalue weighted by molar-refractivity contribution is 5.95. The van der Waals surface area contributed by atoms with Crippen molar-refractivity contribution in [3.8, 4) is 0 Å². The Kier molecular flexibility index (Phi) is 6.12. The van der Waals surface area contributed by atoms with E-state index in [1.165, 1.54) is 6.08 Å². The second-order valence-electron chi connectivity index (χ2n) is 5.05. The van der Waals surface area contributed by atoms with Crippen LogP contribution < -0.4 is 5.32 Å². The van der Waals surface area contributed by atoms with E-state index in [-0.39, 0.29) is 12.4 Å². The number of rotatable bonds is 7. The van der Waals surface area contributed by atoms with E-state index in [0.717, 1.165) is 11.1 Å². The molecule has 1 atom stereocenters. The molecule has 1 amide bonds. The van der Waals surface area contributed by atoms with Crippen LogP contribution in [0.15, 0.2) is 73.3 Å². The zero-order valence-electron chi connectivity index (χ0n) is 12.8. The third kappa shape index (κ3) is 5.43. The highest BCUT2D eigenvalue weighted by atomic mass is 16.5. The van der Waals surface area contributed by atoms with Gasteiger partial charge in [0.05, 0.1) is 6.04 Å². The SMILES string of the molecule is C=CC(=O)[C@@H](Cc1ccccc1)NC(=O)OCc1ccccc1. The zero-order valence-corrected chi connectivity index (χ0v) is 12.8. The number of nitrogens with one attached hydrogen (secondary N) is 1. The van der Waals surface area contributed by atoms with Gasteiger partial charge in [-0.3, -0.25) is 4.79 Å².